The standard InChI is InChI=1S/C13H25NO2/c1-2-3-13(8-14-12-4-5-12)16-10-11-6-7-15-9-11/h11-14H,2-10H2,1H3. The van der Waals surface area contributed by atoms with Gasteiger partial charge in [0.05, 0.1) is 19.3 Å². The van der Waals surface area contributed by atoms with Crippen LogP contribution in [0.25, 0.3) is 0 Å². The second-order valence-electron chi connectivity index (χ2n) is 5.16. The average Bonchev–Trinajstić information content (AvgIpc) is 2.97. The minimum Gasteiger partial charge on any atom is -0.381 e. The van der Waals surface area contributed by atoms with Crippen LogP contribution in [0.4, 0.5) is 0 Å². The fourth-order valence-electron chi connectivity index (χ4n) is 2.14. The lowest BCUT2D eigenvalue weighted by Gasteiger charge is -2.19. The molecule has 2 unspecified atom stereocenters. The van der Waals surface area contributed by atoms with Crippen molar-refractivity contribution in [3.05, 3.63) is 0 Å². The molecule has 1 aliphatic heterocycles. The van der Waals surface area contributed by atoms with Crippen molar-refractivity contribution in [1.29, 1.82) is 0 Å². The van der Waals surface area contributed by atoms with Gasteiger partial charge in [-0.3, -0.25) is 0 Å². The van der Waals surface area contributed by atoms with E-state index in [1.807, 2.05) is 0 Å². The molecule has 1 N–H and O–H groups in total. The van der Waals surface area contributed by atoms with Crippen LogP contribution < -0.4 is 5.32 Å². The molecule has 1 heterocycles. The molecule has 1 aliphatic carbocycles. The SMILES string of the molecule is CCCC(CNC1CC1)OCC1CCOC1. The molecule has 0 radical (unpaired) electrons. The maximum atomic E-state index is 6.00. The number of nitrogens with one attached hydrogen (secondary N) is 1. The molecule has 2 fully saturated rings. The Balaban J connectivity index is 1.59. The Bertz CT molecular complexity index is 188. The van der Waals surface area contributed by atoms with E-state index in [0.29, 0.717) is 12.0 Å². The Kier molecular flexibility index (Phi) is 5.07. The number of hydrogen-bond acceptors (Lipinski definition) is 3. The van der Waals surface area contributed by atoms with Crippen molar-refractivity contribution < 1.29 is 9.47 Å². The van der Waals surface area contributed by atoms with Crippen LogP contribution in [0.1, 0.15) is 39.0 Å². The predicted octanol–water partition coefficient (Wildman–Crippen LogP) is 1.96. The molecule has 1 saturated carbocycles. The minimum absolute atomic E-state index is 0.409. The van der Waals surface area contributed by atoms with Crippen molar-refractivity contribution in [3.63, 3.8) is 0 Å². The summed E-state index contributed by atoms with van der Waals surface area (Å²) >= 11 is 0. The smallest absolute Gasteiger partial charge is 0.0699 e. The van der Waals surface area contributed by atoms with Crippen LogP contribution in [-0.2, 0) is 9.47 Å². The van der Waals surface area contributed by atoms with Gasteiger partial charge in [-0.05, 0) is 25.7 Å². The second-order valence-corrected chi connectivity index (χ2v) is 5.16. The third kappa shape index (κ3) is 4.40. The van der Waals surface area contributed by atoms with Crippen molar-refractivity contribution in [2.75, 3.05) is 26.4 Å². The molecule has 2 atom stereocenters. The molecule has 2 aliphatic rings. The van der Waals surface area contributed by atoms with E-state index in [0.717, 1.165) is 32.4 Å². The largest absolute Gasteiger partial charge is 0.381 e. The molecule has 0 aromatic carbocycles. The molecular formula is C13H25NO2. The number of rotatable bonds is 8. The van der Waals surface area contributed by atoms with Gasteiger partial charge in [-0.15, -0.1) is 0 Å². The normalized spacial score (nSPS) is 27.2. The quantitative estimate of drug-likeness (QED) is 0.687. The van der Waals surface area contributed by atoms with E-state index in [-0.39, 0.29) is 0 Å². The molecular weight excluding hydrogens is 202 g/mol. The number of ether oxygens (including phenoxy) is 2. The zero-order valence-electron chi connectivity index (χ0n) is 10.4. The lowest BCUT2D eigenvalue weighted by molar-refractivity contribution is 0.0213. The van der Waals surface area contributed by atoms with Crippen LogP contribution in [0.5, 0.6) is 0 Å². The summed E-state index contributed by atoms with van der Waals surface area (Å²) in [6.45, 7) is 5.97. The lowest BCUT2D eigenvalue weighted by Crippen LogP contribution is -2.32. The van der Waals surface area contributed by atoms with E-state index in [1.165, 1.54) is 32.1 Å². The molecule has 3 nitrogen and oxygen atoms in total. The molecule has 16 heavy (non-hydrogen) atoms. The zero-order valence-corrected chi connectivity index (χ0v) is 10.4. The zero-order chi connectivity index (χ0) is 11.2. The highest BCUT2D eigenvalue weighted by atomic mass is 16.5. The first-order valence-electron chi connectivity index (χ1n) is 6.81. The van der Waals surface area contributed by atoms with E-state index in [2.05, 4.69) is 12.2 Å². The first-order valence-corrected chi connectivity index (χ1v) is 6.81. The highest BCUT2D eigenvalue weighted by Gasteiger charge is 2.23. The summed E-state index contributed by atoms with van der Waals surface area (Å²) < 4.78 is 11.4. The number of hydrogen-bond donors (Lipinski definition) is 1. The van der Waals surface area contributed by atoms with Gasteiger partial charge in [-0.25, -0.2) is 0 Å². The fourth-order valence-corrected chi connectivity index (χ4v) is 2.14. The summed E-state index contributed by atoms with van der Waals surface area (Å²) in [6.07, 6.45) is 6.68. The summed E-state index contributed by atoms with van der Waals surface area (Å²) in [5.41, 5.74) is 0. The Morgan fingerprint density at radius 2 is 2.25 bits per heavy atom. The predicted molar refractivity (Wildman–Crippen MR) is 64.6 cm³/mol. The van der Waals surface area contributed by atoms with Crippen LogP contribution in [0.2, 0.25) is 0 Å². The fraction of sp³-hybridized carbons (Fsp3) is 1.00. The molecule has 3 heteroatoms. The van der Waals surface area contributed by atoms with Crippen molar-refractivity contribution in [2.24, 2.45) is 5.92 Å². The molecule has 2 rings (SSSR count). The molecule has 0 bridgehead atoms. The maximum Gasteiger partial charge on any atom is 0.0699 e. The summed E-state index contributed by atoms with van der Waals surface area (Å²) in [7, 11) is 0. The summed E-state index contributed by atoms with van der Waals surface area (Å²) in [4.78, 5) is 0. The first kappa shape index (κ1) is 12.3. The molecule has 0 amide bonds. The third-order valence-corrected chi connectivity index (χ3v) is 3.41. The van der Waals surface area contributed by atoms with Gasteiger partial charge in [0.25, 0.3) is 0 Å². The summed E-state index contributed by atoms with van der Waals surface area (Å²) in [5, 5.41) is 3.56. The van der Waals surface area contributed by atoms with Gasteiger partial charge >= 0.3 is 0 Å². The van der Waals surface area contributed by atoms with Gasteiger partial charge in [0, 0.05) is 25.1 Å². The van der Waals surface area contributed by atoms with Crippen LogP contribution >= 0.6 is 0 Å². The molecule has 1 saturated heterocycles. The minimum atomic E-state index is 0.409. The maximum absolute atomic E-state index is 6.00. The topological polar surface area (TPSA) is 30.5 Å². The van der Waals surface area contributed by atoms with Crippen LogP contribution in [0.15, 0.2) is 0 Å². The highest BCUT2D eigenvalue weighted by Crippen LogP contribution is 2.19. The van der Waals surface area contributed by atoms with Crippen molar-refractivity contribution in [3.8, 4) is 0 Å². The van der Waals surface area contributed by atoms with Crippen LogP contribution in [-0.4, -0.2) is 38.5 Å². The van der Waals surface area contributed by atoms with Gasteiger partial charge in [0.15, 0.2) is 0 Å². The highest BCUT2D eigenvalue weighted by molar-refractivity contribution is 4.82. The Labute approximate surface area is 98.9 Å². The molecule has 0 aromatic heterocycles. The van der Waals surface area contributed by atoms with Gasteiger partial charge in [0.1, 0.15) is 0 Å². The lowest BCUT2D eigenvalue weighted by atomic mass is 10.1. The third-order valence-electron chi connectivity index (χ3n) is 3.41. The Morgan fingerprint density at radius 1 is 1.38 bits per heavy atom. The van der Waals surface area contributed by atoms with E-state index in [9.17, 15) is 0 Å². The molecule has 94 valence electrons. The molecule has 0 spiro atoms. The van der Waals surface area contributed by atoms with Crippen LogP contribution in [0, 0.1) is 5.92 Å². The summed E-state index contributed by atoms with van der Waals surface area (Å²) in [5.74, 6) is 0.639. The Hall–Kier alpha value is -0.120. The van der Waals surface area contributed by atoms with Gasteiger partial charge in [-0.1, -0.05) is 13.3 Å². The van der Waals surface area contributed by atoms with E-state index in [1.54, 1.807) is 0 Å². The van der Waals surface area contributed by atoms with E-state index < -0.39 is 0 Å². The van der Waals surface area contributed by atoms with Crippen LogP contribution in [0.3, 0.4) is 0 Å². The van der Waals surface area contributed by atoms with Gasteiger partial charge < -0.3 is 14.8 Å². The average molecular weight is 227 g/mol. The van der Waals surface area contributed by atoms with Crippen molar-refractivity contribution in [2.45, 2.75) is 51.2 Å². The van der Waals surface area contributed by atoms with Gasteiger partial charge in [-0.2, -0.15) is 0 Å². The Morgan fingerprint density at radius 3 is 2.88 bits per heavy atom. The second kappa shape index (κ2) is 6.58. The van der Waals surface area contributed by atoms with Crippen molar-refractivity contribution in [1.82, 2.24) is 5.32 Å². The van der Waals surface area contributed by atoms with E-state index in [4.69, 9.17) is 9.47 Å². The monoisotopic (exact) mass is 227 g/mol. The van der Waals surface area contributed by atoms with E-state index >= 15 is 0 Å². The van der Waals surface area contributed by atoms with Gasteiger partial charge in [0.2, 0.25) is 0 Å². The summed E-state index contributed by atoms with van der Waals surface area (Å²) in [6, 6.07) is 0.790. The molecule has 0 aromatic rings. The van der Waals surface area contributed by atoms with Crippen molar-refractivity contribution >= 4 is 0 Å². The first-order chi connectivity index (χ1) is 7.88.